The van der Waals surface area contributed by atoms with Crippen LogP contribution in [0, 0.1) is 17.8 Å². The number of aliphatic hydroxyl groups excluding tert-OH is 1. The third-order valence-corrected chi connectivity index (χ3v) is 7.24. The number of likely N-dealkylation sites (tertiary alicyclic amines) is 1. The monoisotopic (exact) mass is 424 g/mol. The van der Waals surface area contributed by atoms with E-state index in [4.69, 9.17) is 14.6 Å². The van der Waals surface area contributed by atoms with E-state index >= 15 is 0 Å². The van der Waals surface area contributed by atoms with Gasteiger partial charge in [0.2, 0.25) is 11.8 Å². The van der Waals surface area contributed by atoms with Gasteiger partial charge in [0.15, 0.2) is 0 Å². The molecule has 8 heteroatoms. The van der Waals surface area contributed by atoms with Gasteiger partial charge in [-0.1, -0.05) is 20.3 Å². The number of nitrogens with zero attached hydrogens (tertiary/aromatic N) is 1. The van der Waals surface area contributed by atoms with Crippen LogP contribution in [0.1, 0.15) is 59.8 Å². The van der Waals surface area contributed by atoms with E-state index < -0.39 is 35.0 Å². The average Bonchev–Trinajstić information content (AvgIpc) is 3.20. The Morgan fingerprint density at radius 1 is 1.30 bits per heavy atom. The molecule has 2 N–H and O–H groups in total. The summed E-state index contributed by atoms with van der Waals surface area (Å²) in [7, 11) is 0. The Hall–Kier alpha value is -1.67. The molecule has 2 amide bonds. The van der Waals surface area contributed by atoms with Crippen molar-refractivity contribution in [1.29, 1.82) is 0 Å². The molecule has 0 aromatic carbocycles. The molecule has 3 rings (SSSR count). The van der Waals surface area contributed by atoms with Crippen molar-refractivity contribution in [2.24, 2.45) is 17.8 Å². The molecule has 0 aliphatic carbocycles. The second-order valence-electron chi connectivity index (χ2n) is 9.06. The first-order valence-corrected chi connectivity index (χ1v) is 11.3. The minimum atomic E-state index is -1.02. The fourth-order valence-electron chi connectivity index (χ4n) is 5.75. The van der Waals surface area contributed by atoms with Crippen molar-refractivity contribution in [2.75, 3.05) is 26.3 Å². The second kappa shape index (κ2) is 8.83. The molecule has 0 radical (unpaired) electrons. The van der Waals surface area contributed by atoms with Gasteiger partial charge in [-0.3, -0.25) is 14.4 Å². The van der Waals surface area contributed by atoms with Crippen molar-refractivity contribution >= 4 is 17.8 Å². The van der Waals surface area contributed by atoms with Crippen molar-refractivity contribution in [1.82, 2.24) is 10.2 Å². The van der Waals surface area contributed by atoms with Gasteiger partial charge in [0.25, 0.3) is 0 Å². The zero-order chi connectivity index (χ0) is 22.1. The molecule has 170 valence electrons. The summed E-state index contributed by atoms with van der Waals surface area (Å²) in [4.78, 5) is 41.4. The van der Waals surface area contributed by atoms with Crippen LogP contribution in [0.15, 0.2) is 0 Å². The molecule has 6 atom stereocenters. The maximum Gasteiger partial charge on any atom is 0.312 e. The summed E-state index contributed by atoms with van der Waals surface area (Å²) in [6.45, 7) is 8.84. The maximum absolute atomic E-state index is 13.6. The number of hydrogen-bond acceptors (Lipinski definition) is 6. The van der Waals surface area contributed by atoms with E-state index in [1.807, 2.05) is 13.8 Å². The molecule has 0 aromatic rings. The van der Waals surface area contributed by atoms with Crippen LogP contribution in [-0.4, -0.2) is 71.3 Å². The highest BCUT2D eigenvalue weighted by molar-refractivity contribution is 5.98. The van der Waals surface area contributed by atoms with Crippen molar-refractivity contribution in [3.8, 4) is 0 Å². The van der Waals surface area contributed by atoms with E-state index in [2.05, 4.69) is 12.2 Å². The van der Waals surface area contributed by atoms with Gasteiger partial charge in [-0.15, -0.1) is 0 Å². The number of hydrogen-bond donors (Lipinski definition) is 2. The Kier molecular flexibility index (Phi) is 6.77. The summed E-state index contributed by atoms with van der Waals surface area (Å²) in [5.74, 6) is -2.27. The van der Waals surface area contributed by atoms with E-state index in [1.165, 1.54) is 0 Å². The molecule has 3 heterocycles. The first-order valence-electron chi connectivity index (χ1n) is 11.3. The minimum Gasteiger partial charge on any atom is -0.466 e. The van der Waals surface area contributed by atoms with E-state index in [9.17, 15) is 14.4 Å². The normalized spacial score (nSPS) is 36.8. The number of unbranched alkanes of at least 4 members (excludes halogenated alkanes) is 2. The van der Waals surface area contributed by atoms with E-state index in [0.717, 1.165) is 12.8 Å². The van der Waals surface area contributed by atoms with Gasteiger partial charge in [0.05, 0.1) is 18.1 Å². The van der Waals surface area contributed by atoms with Crippen LogP contribution >= 0.6 is 0 Å². The zero-order valence-electron chi connectivity index (χ0n) is 18.6. The van der Waals surface area contributed by atoms with Crippen molar-refractivity contribution in [2.45, 2.75) is 77.0 Å². The molecule has 0 aromatic heterocycles. The Balaban J connectivity index is 1.98. The standard InChI is InChI=1S/C22H36N2O6/c1-5-7-10-23-18(26)17-22-13-14(3)21(4,30-22)16(20(28)29-6-2)15(22)19(27)24(17)11-8-9-12-25/h14-17,25H,5-13H2,1-4H3,(H,23,26)/t14?,15-,16-,17?,21+,22?/m0/s1. The highest BCUT2D eigenvalue weighted by Gasteiger charge is 2.80. The van der Waals surface area contributed by atoms with Gasteiger partial charge in [0, 0.05) is 19.7 Å². The van der Waals surface area contributed by atoms with Crippen LogP contribution < -0.4 is 5.32 Å². The lowest BCUT2D eigenvalue weighted by Gasteiger charge is -2.35. The molecule has 30 heavy (non-hydrogen) atoms. The van der Waals surface area contributed by atoms with Gasteiger partial charge in [-0.2, -0.15) is 0 Å². The van der Waals surface area contributed by atoms with E-state index in [1.54, 1.807) is 11.8 Å². The number of ether oxygens (including phenoxy) is 2. The summed E-state index contributed by atoms with van der Waals surface area (Å²) in [6.07, 6.45) is 3.49. The highest BCUT2D eigenvalue weighted by atomic mass is 16.6. The summed E-state index contributed by atoms with van der Waals surface area (Å²) < 4.78 is 11.9. The lowest BCUT2D eigenvalue weighted by molar-refractivity contribution is -0.161. The predicted octanol–water partition coefficient (Wildman–Crippen LogP) is 1.25. The lowest BCUT2D eigenvalue weighted by atomic mass is 9.62. The number of esters is 1. The van der Waals surface area contributed by atoms with Gasteiger partial charge in [0.1, 0.15) is 17.6 Å². The van der Waals surface area contributed by atoms with Crippen LogP contribution in [0.5, 0.6) is 0 Å². The second-order valence-corrected chi connectivity index (χ2v) is 9.06. The molecule has 0 saturated carbocycles. The van der Waals surface area contributed by atoms with Gasteiger partial charge in [-0.25, -0.2) is 0 Å². The molecule has 8 nitrogen and oxygen atoms in total. The van der Waals surface area contributed by atoms with Gasteiger partial charge >= 0.3 is 5.97 Å². The molecule has 3 aliphatic rings. The summed E-state index contributed by atoms with van der Waals surface area (Å²) in [6, 6.07) is -0.769. The number of fused-ring (bicyclic) bond motifs is 1. The van der Waals surface area contributed by atoms with Crippen LogP contribution in [0.2, 0.25) is 0 Å². The number of carbonyl (C=O) groups is 3. The third kappa shape index (κ3) is 3.42. The van der Waals surface area contributed by atoms with E-state index in [-0.39, 0.29) is 30.9 Å². The predicted molar refractivity (Wildman–Crippen MR) is 109 cm³/mol. The molecule has 3 unspecified atom stereocenters. The number of nitrogens with one attached hydrogen (secondary N) is 1. The van der Waals surface area contributed by atoms with E-state index in [0.29, 0.717) is 32.4 Å². The fourth-order valence-corrected chi connectivity index (χ4v) is 5.75. The third-order valence-electron chi connectivity index (χ3n) is 7.24. The summed E-state index contributed by atoms with van der Waals surface area (Å²) >= 11 is 0. The first kappa shape index (κ1) is 23.0. The molecule has 3 fully saturated rings. The quantitative estimate of drug-likeness (QED) is 0.404. The fraction of sp³-hybridized carbons (Fsp3) is 0.864. The van der Waals surface area contributed by atoms with Gasteiger partial charge in [-0.05, 0) is 45.4 Å². The summed E-state index contributed by atoms with van der Waals surface area (Å²) in [5.41, 5.74) is -1.84. The number of rotatable bonds is 10. The lowest BCUT2D eigenvalue weighted by Crippen LogP contribution is -2.55. The number of amides is 2. The first-order chi connectivity index (χ1) is 14.3. The molecular formula is C22H36N2O6. The number of carbonyl (C=O) groups excluding carboxylic acids is 3. The van der Waals surface area contributed by atoms with Crippen molar-refractivity contribution in [3.63, 3.8) is 0 Å². The molecule has 1 spiro atoms. The van der Waals surface area contributed by atoms with Crippen molar-refractivity contribution in [3.05, 3.63) is 0 Å². The SMILES string of the molecule is CCCCNC(=O)C1N(CCCCO)C(=O)[C@@H]2[C@@H](C(=O)OCC)[C@]3(C)OC12CC3C. The Morgan fingerprint density at radius 3 is 2.67 bits per heavy atom. The Morgan fingerprint density at radius 2 is 2.03 bits per heavy atom. The Labute approximate surface area is 178 Å². The smallest absolute Gasteiger partial charge is 0.312 e. The average molecular weight is 425 g/mol. The van der Waals surface area contributed by atoms with Crippen molar-refractivity contribution < 1.29 is 29.0 Å². The molecular weight excluding hydrogens is 388 g/mol. The Bertz CT molecular complexity index is 685. The molecule has 3 aliphatic heterocycles. The van der Waals surface area contributed by atoms with Gasteiger partial charge < -0.3 is 24.8 Å². The number of aliphatic hydroxyl groups is 1. The topological polar surface area (TPSA) is 105 Å². The highest BCUT2D eigenvalue weighted by Crippen LogP contribution is 2.65. The van der Waals surface area contributed by atoms with Crippen LogP contribution in [0.3, 0.4) is 0 Å². The zero-order valence-corrected chi connectivity index (χ0v) is 18.6. The maximum atomic E-state index is 13.6. The summed E-state index contributed by atoms with van der Waals surface area (Å²) in [5, 5.41) is 12.1. The van der Waals surface area contributed by atoms with Crippen LogP contribution in [-0.2, 0) is 23.9 Å². The molecule has 3 saturated heterocycles. The van der Waals surface area contributed by atoms with Crippen LogP contribution in [0.25, 0.3) is 0 Å². The molecule has 2 bridgehead atoms. The van der Waals surface area contributed by atoms with Crippen LogP contribution in [0.4, 0.5) is 0 Å². The minimum absolute atomic E-state index is 0.0132. The largest absolute Gasteiger partial charge is 0.466 e.